The van der Waals surface area contributed by atoms with E-state index in [0.29, 0.717) is 23.4 Å². The minimum Gasteiger partial charge on any atom is -0.423 e. The van der Waals surface area contributed by atoms with Crippen LogP contribution in [-0.4, -0.2) is 10.9 Å². The number of anilines is 1. The van der Waals surface area contributed by atoms with E-state index in [9.17, 15) is 9.59 Å². The molecule has 4 aromatic rings. The molecule has 0 spiro atoms. The van der Waals surface area contributed by atoms with Crippen LogP contribution < -0.4 is 10.9 Å². The van der Waals surface area contributed by atoms with Crippen LogP contribution in [0.2, 0.25) is 0 Å². The van der Waals surface area contributed by atoms with Crippen molar-refractivity contribution in [2.24, 2.45) is 0 Å². The smallest absolute Gasteiger partial charge is 0.336 e. The molecule has 0 saturated heterocycles. The number of carbonyl (C=O) groups is 1. The number of thiazole rings is 1. The molecule has 2 heterocycles. The van der Waals surface area contributed by atoms with E-state index in [2.05, 4.69) is 10.3 Å². The number of amides is 1. The van der Waals surface area contributed by atoms with Gasteiger partial charge >= 0.3 is 5.63 Å². The largest absolute Gasteiger partial charge is 0.423 e. The maximum absolute atomic E-state index is 12.4. The van der Waals surface area contributed by atoms with Crippen molar-refractivity contribution in [3.63, 3.8) is 0 Å². The fourth-order valence-electron chi connectivity index (χ4n) is 2.61. The van der Waals surface area contributed by atoms with Crippen molar-refractivity contribution in [2.75, 3.05) is 5.32 Å². The standard InChI is InChI=1S/C20H14N2O3S/c23-19-9-6-14-11-15(7-8-17(14)25-19)21-20(24)16-12-26-18(22-16)10-13-4-2-1-3-5-13/h1-9,11-12H,10H2,(H,21,24). The van der Waals surface area contributed by atoms with Crippen molar-refractivity contribution < 1.29 is 9.21 Å². The summed E-state index contributed by atoms with van der Waals surface area (Å²) in [6.07, 6.45) is 0.702. The molecule has 0 aliphatic carbocycles. The Kier molecular flexibility index (Phi) is 4.33. The van der Waals surface area contributed by atoms with E-state index in [4.69, 9.17) is 4.42 Å². The quantitative estimate of drug-likeness (QED) is 0.555. The zero-order valence-electron chi connectivity index (χ0n) is 13.6. The van der Waals surface area contributed by atoms with Gasteiger partial charge in [0.05, 0.1) is 5.01 Å². The van der Waals surface area contributed by atoms with Crippen LogP contribution in [0.3, 0.4) is 0 Å². The van der Waals surface area contributed by atoms with E-state index in [1.807, 2.05) is 30.3 Å². The number of hydrogen-bond donors (Lipinski definition) is 1. The number of rotatable bonds is 4. The summed E-state index contributed by atoms with van der Waals surface area (Å²) in [7, 11) is 0. The molecular weight excluding hydrogens is 348 g/mol. The lowest BCUT2D eigenvalue weighted by molar-refractivity contribution is 0.102. The number of hydrogen-bond acceptors (Lipinski definition) is 5. The summed E-state index contributed by atoms with van der Waals surface area (Å²) in [4.78, 5) is 28.1. The van der Waals surface area contributed by atoms with Crippen LogP contribution in [0.25, 0.3) is 11.0 Å². The molecule has 2 aromatic carbocycles. The van der Waals surface area contributed by atoms with E-state index in [1.165, 1.54) is 17.4 Å². The molecule has 4 rings (SSSR count). The summed E-state index contributed by atoms with van der Waals surface area (Å²) in [5.74, 6) is -0.266. The van der Waals surface area contributed by atoms with Crippen LogP contribution in [0.5, 0.6) is 0 Å². The second kappa shape index (κ2) is 6.93. The average molecular weight is 362 g/mol. The Labute approximate surface area is 152 Å². The molecule has 5 nitrogen and oxygen atoms in total. The first-order valence-corrected chi connectivity index (χ1v) is 8.89. The molecule has 0 fully saturated rings. The first kappa shape index (κ1) is 16.2. The lowest BCUT2D eigenvalue weighted by Gasteiger charge is -2.04. The van der Waals surface area contributed by atoms with Gasteiger partial charge in [0.2, 0.25) is 0 Å². The van der Waals surface area contributed by atoms with Crippen LogP contribution in [-0.2, 0) is 6.42 Å². The summed E-state index contributed by atoms with van der Waals surface area (Å²) in [5.41, 5.74) is 2.25. The molecule has 2 aromatic heterocycles. The van der Waals surface area contributed by atoms with Gasteiger partial charge in [0.1, 0.15) is 11.3 Å². The van der Waals surface area contributed by atoms with Gasteiger partial charge in [0.15, 0.2) is 0 Å². The molecule has 26 heavy (non-hydrogen) atoms. The molecule has 1 amide bonds. The van der Waals surface area contributed by atoms with Crippen LogP contribution in [0.4, 0.5) is 5.69 Å². The maximum atomic E-state index is 12.4. The van der Waals surface area contributed by atoms with Crippen molar-refractivity contribution in [1.82, 2.24) is 4.98 Å². The van der Waals surface area contributed by atoms with E-state index in [1.54, 1.807) is 29.6 Å². The van der Waals surface area contributed by atoms with E-state index in [-0.39, 0.29) is 5.91 Å². The summed E-state index contributed by atoms with van der Waals surface area (Å²) < 4.78 is 5.09. The molecule has 128 valence electrons. The summed E-state index contributed by atoms with van der Waals surface area (Å²) in [6, 6.07) is 18.1. The van der Waals surface area contributed by atoms with Gasteiger partial charge in [-0.25, -0.2) is 9.78 Å². The number of nitrogens with zero attached hydrogens (tertiary/aromatic N) is 1. The minimum atomic E-state index is -0.400. The third-order valence-electron chi connectivity index (χ3n) is 3.86. The normalized spacial score (nSPS) is 10.8. The van der Waals surface area contributed by atoms with Gasteiger partial charge in [0.25, 0.3) is 5.91 Å². The highest BCUT2D eigenvalue weighted by Gasteiger charge is 2.12. The minimum absolute atomic E-state index is 0.266. The fourth-order valence-corrected chi connectivity index (χ4v) is 3.42. The fraction of sp³-hybridized carbons (Fsp3) is 0.0500. The van der Waals surface area contributed by atoms with E-state index >= 15 is 0 Å². The highest BCUT2D eigenvalue weighted by atomic mass is 32.1. The molecule has 0 aliphatic rings. The zero-order chi connectivity index (χ0) is 17.9. The van der Waals surface area contributed by atoms with Crippen molar-refractivity contribution >= 4 is 33.9 Å². The number of fused-ring (bicyclic) bond motifs is 1. The topological polar surface area (TPSA) is 72.2 Å². The Bertz CT molecular complexity index is 1130. The third-order valence-corrected chi connectivity index (χ3v) is 4.71. The molecular formula is C20H14N2O3S. The third kappa shape index (κ3) is 3.55. The molecule has 1 N–H and O–H groups in total. The molecule has 0 bridgehead atoms. The predicted octanol–water partition coefficient (Wildman–Crippen LogP) is 4.09. The van der Waals surface area contributed by atoms with E-state index < -0.39 is 5.63 Å². The molecule has 0 radical (unpaired) electrons. The summed E-state index contributed by atoms with van der Waals surface area (Å²) >= 11 is 1.47. The summed E-state index contributed by atoms with van der Waals surface area (Å²) in [5, 5.41) is 6.22. The molecule has 0 atom stereocenters. The second-order valence-electron chi connectivity index (χ2n) is 5.75. The SMILES string of the molecule is O=C(Nc1ccc2oc(=O)ccc2c1)c1csc(Cc2ccccc2)n1. The Morgan fingerprint density at radius 3 is 2.77 bits per heavy atom. The van der Waals surface area contributed by atoms with Gasteiger partial charge in [-0.3, -0.25) is 4.79 Å². The van der Waals surface area contributed by atoms with Crippen molar-refractivity contribution in [3.8, 4) is 0 Å². The zero-order valence-corrected chi connectivity index (χ0v) is 14.5. The van der Waals surface area contributed by atoms with Crippen LogP contribution in [0.1, 0.15) is 21.1 Å². The first-order chi connectivity index (χ1) is 12.7. The van der Waals surface area contributed by atoms with Gasteiger partial charge in [0, 0.05) is 28.9 Å². The monoisotopic (exact) mass is 362 g/mol. The number of aromatic nitrogens is 1. The lowest BCUT2D eigenvalue weighted by atomic mass is 10.2. The maximum Gasteiger partial charge on any atom is 0.336 e. The lowest BCUT2D eigenvalue weighted by Crippen LogP contribution is -2.12. The first-order valence-electron chi connectivity index (χ1n) is 8.01. The highest BCUT2D eigenvalue weighted by Crippen LogP contribution is 2.19. The van der Waals surface area contributed by atoms with Crippen molar-refractivity contribution in [1.29, 1.82) is 0 Å². The number of nitrogens with one attached hydrogen (secondary N) is 1. The highest BCUT2D eigenvalue weighted by molar-refractivity contribution is 7.09. The molecule has 6 heteroatoms. The predicted molar refractivity (Wildman–Crippen MR) is 102 cm³/mol. The second-order valence-corrected chi connectivity index (χ2v) is 6.69. The Balaban J connectivity index is 1.50. The average Bonchev–Trinajstić information content (AvgIpc) is 3.11. The Morgan fingerprint density at radius 1 is 1.08 bits per heavy atom. The van der Waals surface area contributed by atoms with Gasteiger partial charge < -0.3 is 9.73 Å². The van der Waals surface area contributed by atoms with Crippen molar-refractivity contribution in [2.45, 2.75) is 6.42 Å². The Hall–Kier alpha value is -3.25. The van der Waals surface area contributed by atoms with Gasteiger partial charge in [-0.05, 0) is 29.8 Å². The summed E-state index contributed by atoms with van der Waals surface area (Å²) in [6.45, 7) is 0. The molecule has 0 aliphatic heterocycles. The van der Waals surface area contributed by atoms with Gasteiger partial charge in [-0.1, -0.05) is 30.3 Å². The van der Waals surface area contributed by atoms with Crippen molar-refractivity contribution in [3.05, 3.63) is 92.7 Å². The molecule has 0 saturated carbocycles. The Morgan fingerprint density at radius 2 is 1.92 bits per heavy atom. The van der Waals surface area contributed by atoms with Crippen LogP contribution >= 0.6 is 11.3 Å². The molecule has 0 unspecified atom stereocenters. The number of benzene rings is 2. The van der Waals surface area contributed by atoms with E-state index in [0.717, 1.165) is 16.0 Å². The van der Waals surface area contributed by atoms with Crippen LogP contribution in [0.15, 0.2) is 75.3 Å². The number of carbonyl (C=O) groups excluding carboxylic acids is 1. The van der Waals surface area contributed by atoms with Gasteiger partial charge in [-0.15, -0.1) is 11.3 Å². The van der Waals surface area contributed by atoms with Gasteiger partial charge in [-0.2, -0.15) is 0 Å². The van der Waals surface area contributed by atoms with Crippen LogP contribution in [0, 0.1) is 0 Å².